The summed E-state index contributed by atoms with van der Waals surface area (Å²) in [4.78, 5) is 10.4. The van der Waals surface area contributed by atoms with Gasteiger partial charge in [-0.2, -0.15) is 0 Å². The predicted molar refractivity (Wildman–Crippen MR) is 186 cm³/mol. The van der Waals surface area contributed by atoms with Gasteiger partial charge in [0.15, 0.2) is 5.84 Å². The minimum absolute atomic E-state index is 0.340. The van der Waals surface area contributed by atoms with Gasteiger partial charge in [-0.1, -0.05) is 115 Å². The lowest BCUT2D eigenvalue weighted by Crippen LogP contribution is -2.33. The molecule has 4 heteroatoms. The van der Waals surface area contributed by atoms with Crippen LogP contribution in [-0.4, -0.2) is 11.7 Å². The van der Waals surface area contributed by atoms with Gasteiger partial charge in [0.25, 0.3) is 0 Å². The third kappa shape index (κ3) is 4.54. The number of hydrogen-bond donors (Lipinski definition) is 1. The first-order valence-electron chi connectivity index (χ1n) is 15.5. The highest BCUT2D eigenvalue weighted by molar-refractivity contribution is 6.15. The molecule has 0 amide bonds. The maximum atomic E-state index is 6.35. The number of nitrogens with one attached hydrogen (secondary N) is 1. The van der Waals surface area contributed by atoms with E-state index in [4.69, 9.17) is 14.4 Å². The zero-order valence-corrected chi connectivity index (χ0v) is 24.6. The normalized spacial score (nSPS) is 16.0. The third-order valence-electron chi connectivity index (χ3n) is 8.94. The highest BCUT2D eigenvalue weighted by Crippen LogP contribution is 2.35. The summed E-state index contributed by atoms with van der Waals surface area (Å²) in [5, 5.41) is 9.59. The first-order chi connectivity index (χ1) is 22.3. The van der Waals surface area contributed by atoms with Crippen molar-refractivity contribution in [2.45, 2.75) is 19.0 Å². The van der Waals surface area contributed by atoms with E-state index in [0.29, 0.717) is 5.84 Å². The van der Waals surface area contributed by atoms with Crippen LogP contribution in [0.15, 0.2) is 148 Å². The quantitative estimate of drug-likeness (QED) is 0.226. The molecule has 1 N–H and O–H groups in total. The van der Waals surface area contributed by atoms with Gasteiger partial charge in [0.2, 0.25) is 0 Å². The molecule has 0 radical (unpaired) electrons. The SMILES string of the molecule is C1=Cc2c(oc3cc(C4N=C(c5ccc6ccccc6c5)N=C(c5cc(-c6ccccc6)c6ccccc6c5)N4)ccc23)CC1. The molecule has 6 aromatic carbocycles. The van der Waals surface area contributed by atoms with Crippen molar-refractivity contribution in [3.8, 4) is 11.1 Å². The Kier molecular flexibility index (Phi) is 5.98. The lowest BCUT2D eigenvalue weighted by molar-refractivity contribution is 0.545. The highest BCUT2D eigenvalue weighted by Gasteiger charge is 2.24. The number of rotatable bonds is 4. The molecule has 2 heterocycles. The minimum atomic E-state index is -0.340. The fraction of sp³-hybridized carbons (Fsp3) is 0.0732. The lowest BCUT2D eigenvalue weighted by atomic mass is 9.95. The molecule has 7 aromatic rings. The molecule has 4 nitrogen and oxygen atoms in total. The van der Waals surface area contributed by atoms with Crippen molar-refractivity contribution in [1.82, 2.24) is 5.32 Å². The molecular weight excluding hydrogens is 550 g/mol. The smallest absolute Gasteiger partial charge is 0.159 e. The Hall–Kier alpha value is -5.74. The molecule has 1 unspecified atom stereocenters. The molecule has 214 valence electrons. The van der Waals surface area contributed by atoms with Gasteiger partial charge in [0, 0.05) is 34.1 Å². The number of hydrogen-bond acceptors (Lipinski definition) is 4. The van der Waals surface area contributed by atoms with E-state index in [1.54, 1.807) is 0 Å². The number of benzene rings is 6. The van der Waals surface area contributed by atoms with Gasteiger partial charge in [-0.05, 0) is 63.4 Å². The second kappa shape index (κ2) is 10.5. The maximum Gasteiger partial charge on any atom is 0.159 e. The standard InChI is InChI=1S/C41H29N3O/c1-2-11-27(12-3-1)36-24-32(23-29-14-6-7-15-33(29)36)41-43-39(30-19-18-26-10-4-5-13-28(26)22-30)42-40(44-41)31-20-21-35-34-16-8-9-17-37(34)45-38(35)25-31/h1-8,10-16,18-25,40H,9,17H2,(H,42,43,44). The summed E-state index contributed by atoms with van der Waals surface area (Å²) < 4.78 is 6.35. The molecule has 1 aliphatic heterocycles. The zero-order valence-electron chi connectivity index (χ0n) is 24.6. The first-order valence-corrected chi connectivity index (χ1v) is 15.5. The summed E-state index contributed by atoms with van der Waals surface area (Å²) in [7, 11) is 0. The number of furan rings is 1. The monoisotopic (exact) mass is 579 g/mol. The van der Waals surface area contributed by atoms with Crippen molar-refractivity contribution in [1.29, 1.82) is 0 Å². The van der Waals surface area contributed by atoms with E-state index in [0.717, 1.165) is 57.5 Å². The van der Waals surface area contributed by atoms with Crippen LogP contribution in [0.25, 0.3) is 49.7 Å². The van der Waals surface area contributed by atoms with Gasteiger partial charge in [-0.25, -0.2) is 9.98 Å². The summed E-state index contributed by atoms with van der Waals surface area (Å²) in [6.07, 6.45) is 6.02. The lowest BCUT2D eigenvalue weighted by Gasteiger charge is -2.24. The van der Waals surface area contributed by atoms with Gasteiger partial charge in [-0.15, -0.1) is 0 Å². The molecular formula is C41H29N3O. The van der Waals surface area contributed by atoms with Crippen LogP contribution in [-0.2, 0) is 6.42 Å². The Morgan fingerprint density at radius 3 is 2.36 bits per heavy atom. The summed E-state index contributed by atoms with van der Waals surface area (Å²) in [5.41, 5.74) is 7.49. The molecule has 2 aliphatic rings. The Balaban J connectivity index is 1.21. The topological polar surface area (TPSA) is 49.9 Å². The van der Waals surface area contributed by atoms with E-state index >= 15 is 0 Å². The Labute approximate surface area is 261 Å². The summed E-state index contributed by atoms with van der Waals surface area (Å²) in [6.45, 7) is 0. The van der Waals surface area contributed by atoms with E-state index in [2.05, 4.69) is 145 Å². The van der Waals surface area contributed by atoms with Gasteiger partial charge in [0.1, 0.15) is 23.3 Å². The van der Waals surface area contributed by atoms with Crippen molar-refractivity contribution in [3.63, 3.8) is 0 Å². The van der Waals surface area contributed by atoms with Gasteiger partial charge in [-0.3, -0.25) is 0 Å². The van der Waals surface area contributed by atoms with Crippen molar-refractivity contribution in [2.24, 2.45) is 9.98 Å². The Bertz CT molecular complexity index is 2360. The van der Waals surface area contributed by atoms with E-state index in [-0.39, 0.29) is 6.17 Å². The highest BCUT2D eigenvalue weighted by atomic mass is 16.3. The maximum absolute atomic E-state index is 6.35. The zero-order chi connectivity index (χ0) is 29.7. The van der Waals surface area contributed by atoms with E-state index in [1.807, 2.05) is 0 Å². The Morgan fingerprint density at radius 2 is 1.44 bits per heavy atom. The van der Waals surface area contributed by atoms with Crippen LogP contribution in [0.3, 0.4) is 0 Å². The molecule has 0 bridgehead atoms. The van der Waals surface area contributed by atoms with Crippen LogP contribution in [0.4, 0.5) is 0 Å². The van der Waals surface area contributed by atoms with E-state index in [1.165, 1.54) is 32.8 Å². The predicted octanol–water partition coefficient (Wildman–Crippen LogP) is 9.86. The largest absolute Gasteiger partial charge is 0.460 e. The second-order valence-corrected chi connectivity index (χ2v) is 11.8. The van der Waals surface area contributed by atoms with Crippen LogP contribution < -0.4 is 5.32 Å². The molecule has 0 spiro atoms. The van der Waals surface area contributed by atoms with Gasteiger partial charge < -0.3 is 9.73 Å². The average Bonchev–Trinajstić information content (AvgIpc) is 3.49. The summed E-state index contributed by atoms with van der Waals surface area (Å²) in [5.74, 6) is 2.56. The molecule has 0 fully saturated rings. The number of nitrogens with zero attached hydrogens (tertiary/aromatic N) is 2. The van der Waals surface area contributed by atoms with Crippen molar-refractivity contribution < 1.29 is 4.42 Å². The van der Waals surface area contributed by atoms with E-state index < -0.39 is 0 Å². The molecule has 1 aromatic heterocycles. The van der Waals surface area contributed by atoms with Crippen LogP contribution in [0.1, 0.15) is 40.6 Å². The Morgan fingerprint density at radius 1 is 0.644 bits per heavy atom. The van der Waals surface area contributed by atoms with Crippen LogP contribution in [0.5, 0.6) is 0 Å². The van der Waals surface area contributed by atoms with Crippen molar-refractivity contribution in [3.05, 3.63) is 161 Å². The van der Waals surface area contributed by atoms with Crippen LogP contribution >= 0.6 is 0 Å². The second-order valence-electron chi connectivity index (χ2n) is 11.8. The average molecular weight is 580 g/mol. The van der Waals surface area contributed by atoms with Crippen molar-refractivity contribution in [2.75, 3.05) is 0 Å². The fourth-order valence-corrected chi connectivity index (χ4v) is 6.67. The van der Waals surface area contributed by atoms with Crippen LogP contribution in [0.2, 0.25) is 0 Å². The third-order valence-corrected chi connectivity index (χ3v) is 8.94. The molecule has 45 heavy (non-hydrogen) atoms. The van der Waals surface area contributed by atoms with E-state index in [9.17, 15) is 0 Å². The fourth-order valence-electron chi connectivity index (χ4n) is 6.67. The molecule has 1 aliphatic carbocycles. The van der Waals surface area contributed by atoms with Gasteiger partial charge in [0.05, 0.1) is 0 Å². The minimum Gasteiger partial charge on any atom is -0.460 e. The summed E-state index contributed by atoms with van der Waals surface area (Å²) >= 11 is 0. The van der Waals surface area contributed by atoms with Gasteiger partial charge >= 0.3 is 0 Å². The number of aliphatic imine (C=N–C) groups is 2. The summed E-state index contributed by atoms with van der Waals surface area (Å²) in [6, 6.07) is 44.9. The molecule has 0 saturated carbocycles. The molecule has 0 saturated heterocycles. The number of fused-ring (bicyclic) bond motifs is 5. The number of aryl methyl sites for hydroxylation is 1. The molecule has 1 atom stereocenters. The first kappa shape index (κ1) is 25.7. The number of amidine groups is 2. The molecule has 9 rings (SSSR count). The van der Waals surface area contributed by atoms with Crippen molar-refractivity contribution >= 4 is 50.3 Å². The van der Waals surface area contributed by atoms with Crippen LogP contribution in [0, 0.1) is 0 Å². The number of allylic oxidation sites excluding steroid dienone is 1.